The summed E-state index contributed by atoms with van der Waals surface area (Å²) in [5.74, 6) is 0.243. The third-order valence-corrected chi connectivity index (χ3v) is 4.43. The van der Waals surface area contributed by atoms with Gasteiger partial charge in [0.2, 0.25) is 11.5 Å². The van der Waals surface area contributed by atoms with Crippen LogP contribution in [0.1, 0.15) is 23.4 Å². The van der Waals surface area contributed by atoms with Crippen LogP contribution in [0.2, 0.25) is 0 Å². The van der Waals surface area contributed by atoms with Gasteiger partial charge in [0, 0.05) is 6.54 Å². The van der Waals surface area contributed by atoms with E-state index in [4.69, 9.17) is 4.42 Å². The molecule has 0 aromatic carbocycles. The topological polar surface area (TPSA) is 91.7 Å². The zero-order valence-electron chi connectivity index (χ0n) is 11.8. The molecule has 1 atom stereocenters. The molecular formula is C13H19N3O4S. The van der Waals surface area contributed by atoms with Crippen molar-refractivity contribution < 1.29 is 18.2 Å². The zero-order chi connectivity index (χ0) is 15.2. The Morgan fingerprint density at radius 3 is 2.86 bits per heavy atom. The molecule has 1 unspecified atom stereocenters. The number of hydrogen-bond donors (Lipinski definition) is 2. The quantitative estimate of drug-likeness (QED) is 0.728. The molecule has 2 N–H and O–H groups in total. The Morgan fingerprint density at radius 2 is 2.19 bits per heavy atom. The minimum atomic E-state index is -1.76. The lowest BCUT2D eigenvalue weighted by Gasteiger charge is -2.28. The van der Waals surface area contributed by atoms with Gasteiger partial charge >= 0.3 is 0 Å². The fourth-order valence-electron chi connectivity index (χ4n) is 2.23. The number of nitrogens with one attached hydrogen (secondary N) is 2. The number of rotatable bonds is 6. The number of carbonyl (C=O) groups is 2. The van der Waals surface area contributed by atoms with E-state index in [1.807, 2.05) is 0 Å². The molecule has 0 radical (unpaired) electrons. The number of likely N-dealkylation sites (tertiary alicyclic amines) is 1. The fourth-order valence-corrected chi connectivity index (χ4v) is 2.79. The highest BCUT2D eigenvalue weighted by molar-refractivity contribution is 7.83. The van der Waals surface area contributed by atoms with E-state index in [1.54, 1.807) is 0 Å². The minimum absolute atomic E-state index is 0.0477. The molecule has 1 aliphatic heterocycles. The van der Waals surface area contributed by atoms with Crippen molar-refractivity contribution in [1.29, 1.82) is 0 Å². The van der Waals surface area contributed by atoms with Crippen LogP contribution in [0, 0.1) is 5.92 Å². The van der Waals surface area contributed by atoms with Gasteiger partial charge in [-0.2, -0.15) is 0 Å². The minimum Gasteiger partial charge on any atom is -0.440 e. The Labute approximate surface area is 125 Å². The third kappa shape index (κ3) is 4.40. The van der Waals surface area contributed by atoms with E-state index in [2.05, 4.69) is 22.0 Å². The molecular weight excluding hydrogens is 294 g/mol. The lowest BCUT2D eigenvalue weighted by molar-refractivity contribution is -0.108. The normalized spacial score (nSPS) is 18.1. The van der Waals surface area contributed by atoms with Crippen LogP contribution in [0.25, 0.3) is 0 Å². The van der Waals surface area contributed by atoms with Gasteiger partial charge in [-0.25, -0.2) is 4.21 Å². The maximum Gasteiger partial charge on any atom is 0.287 e. The Bertz CT molecular complexity index is 523. The molecule has 1 saturated heterocycles. The Balaban J connectivity index is 1.83. The van der Waals surface area contributed by atoms with E-state index < -0.39 is 11.0 Å². The van der Waals surface area contributed by atoms with Gasteiger partial charge in [-0.05, 0) is 51.0 Å². The molecule has 0 spiro atoms. The largest absolute Gasteiger partial charge is 0.440 e. The Morgan fingerprint density at radius 1 is 1.48 bits per heavy atom. The Kier molecular flexibility index (Phi) is 5.51. The molecule has 116 valence electrons. The Hall–Kier alpha value is -1.67. The predicted molar refractivity (Wildman–Crippen MR) is 76.9 cm³/mol. The van der Waals surface area contributed by atoms with Crippen LogP contribution in [-0.4, -0.2) is 48.1 Å². The van der Waals surface area contributed by atoms with Crippen molar-refractivity contribution in [2.75, 3.05) is 26.7 Å². The first-order valence-electron chi connectivity index (χ1n) is 6.78. The lowest BCUT2D eigenvalue weighted by atomic mass is 9.97. The van der Waals surface area contributed by atoms with E-state index in [1.165, 1.54) is 12.1 Å². The molecule has 1 aromatic rings. The molecule has 7 nitrogen and oxygen atoms in total. The summed E-state index contributed by atoms with van der Waals surface area (Å²) in [5.41, 5.74) is 0. The molecule has 0 bridgehead atoms. The van der Waals surface area contributed by atoms with Crippen LogP contribution < -0.4 is 10.0 Å². The number of hydrogen-bond acceptors (Lipinski definition) is 5. The summed E-state index contributed by atoms with van der Waals surface area (Å²) in [6.45, 7) is 2.70. The predicted octanol–water partition coefficient (Wildman–Crippen LogP) is 0.120. The van der Waals surface area contributed by atoms with Crippen molar-refractivity contribution in [2.45, 2.75) is 17.9 Å². The molecule has 21 heavy (non-hydrogen) atoms. The van der Waals surface area contributed by atoms with Crippen molar-refractivity contribution in [2.24, 2.45) is 5.92 Å². The molecule has 1 fully saturated rings. The molecule has 2 heterocycles. The number of nitrogens with zero attached hydrogens (tertiary/aromatic N) is 1. The van der Waals surface area contributed by atoms with Gasteiger partial charge < -0.3 is 14.6 Å². The summed E-state index contributed by atoms with van der Waals surface area (Å²) in [6.07, 6.45) is 2.44. The SMILES string of the molecule is CN1CCC(CNC(=O)c2ccc(S(=O)NC=O)o2)CC1. The van der Waals surface area contributed by atoms with Gasteiger partial charge in [-0.3, -0.25) is 14.3 Å². The highest BCUT2D eigenvalue weighted by Crippen LogP contribution is 2.15. The van der Waals surface area contributed by atoms with E-state index in [0.29, 0.717) is 18.9 Å². The van der Waals surface area contributed by atoms with Crippen molar-refractivity contribution in [1.82, 2.24) is 14.9 Å². The molecule has 1 aromatic heterocycles. The average molecular weight is 313 g/mol. The maximum atomic E-state index is 11.9. The van der Waals surface area contributed by atoms with E-state index in [-0.39, 0.29) is 16.8 Å². The van der Waals surface area contributed by atoms with Gasteiger partial charge in [0.25, 0.3) is 5.91 Å². The van der Waals surface area contributed by atoms with Crippen molar-refractivity contribution in [3.05, 3.63) is 17.9 Å². The van der Waals surface area contributed by atoms with Crippen molar-refractivity contribution >= 4 is 23.3 Å². The summed E-state index contributed by atoms with van der Waals surface area (Å²) in [6, 6.07) is 2.86. The van der Waals surface area contributed by atoms with Crippen LogP contribution >= 0.6 is 0 Å². The third-order valence-electron chi connectivity index (χ3n) is 3.53. The van der Waals surface area contributed by atoms with Crippen molar-refractivity contribution in [3.63, 3.8) is 0 Å². The van der Waals surface area contributed by atoms with Crippen LogP contribution in [0.5, 0.6) is 0 Å². The number of amides is 2. The lowest BCUT2D eigenvalue weighted by Crippen LogP contribution is -2.36. The van der Waals surface area contributed by atoms with Gasteiger partial charge in [-0.15, -0.1) is 0 Å². The number of carbonyl (C=O) groups excluding carboxylic acids is 2. The van der Waals surface area contributed by atoms with Gasteiger partial charge in [0.1, 0.15) is 0 Å². The van der Waals surface area contributed by atoms with E-state index in [0.717, 1.165) is 25.9 Å². The molecule has 0 saturated carbocycles. The fraction of sp³-hybridized carbons (Fsp3) is 0.538. The second-order valence-corrected chi connectivity index (χ2v) is 6.26. The smallest absolute Gasteiger partial charge is 0.287 e. The van der Waals surface area contributed by atoms with Crippen LogP contribution in [0.15, 0.2) is 21.6 Å². The number of furan rings is 1. The van der Waals surface area contributed by atoms with Gasteiger partial charge in [-0.1, -0.05) is 0 Å². The molecule has 2 amide bonds. The number of piperidine rings is 1. The van der Waals surface area contributed by atoms with Crippen LogP contribution in [-0.2, 0) is 15.8 Å². The monoisotopic (exact) mass is 313 g/mol. The average Bonchev–Trinajstić information content (AvgIpc) is 2.96. The standard InChI is InChI=1S/C13H19N3O4S/c1-16-6-4-10(5-7-16)8-14-13(18)11-2-3-12(20-11)21(19)15-9-17/h2-3,9-10H,4-8H2,1H3,(H,14,18)(H,15,17). The van der Waals surface area contributed by atoms with E-state index >= 15 is 0 Å². The highest BCUT2D eigenvalue weighted by Gasteiger charge is 2.19. The molecule has 8 heteroatoms. The highest BCUT2D eigenvalue weighted by atomic mass is 32.2. The zero-order valence-corrected chi connectivity index (χ0v) is 12.6. The molecule has 1 aliphatic rings. The summed E-state index contributed by atoms with van der Waals surface area (Å²) < 4.78 is 18.7. The first-order valence-corrected chi connectivity index (χ1v) is 7.93. The second-order valence-electron chi connectivity index (χ2n) is 5.08. The van der Waals surface area contributed by atoms with Gasteiger partial charge in [0.05, 0.1) is 0 Å². The van der Waals surface area contributed by atoms with Gasteiger partial charge in [0.15, 0.2) is 16.7 Å². The molecule has 0 aliphatic carbocycles. The summed E-state index contributed by atoms with van der Waals surface area (Å²) in [5, 5.41) is 2.88. The van der Waals surface area contributed by atoms with Crippen LogP contribution in [0.4, 0.5) is 0 Å². The summed E-state index contributed by atoms with van der Waals surface area (Å²) in [4.78, 5) is 24.4. The first kappa shape index (κ1) is 15.7. The molecule has 2 rings (SSSR count). The van der Waals surface area contributed by atoms with E-state index in [9.17, 15) is 13.8 Å². The summed E-state index contributed by atoms with van der Waals surface area (Å²) >= 11 is 0. The maximum absolute atomic E-state index is 11.9. The first-order chi connectivity index (χ1) is 10.1. The van der Waals surface area contributed by atoms with Crippen LogP contribution in [0.3, 0.4) is 0 Å². The second kappa shape index (κ2) is 7.37. The van der Waals surface area contributed by atoms with Crippen molar-refractivity contribution in [3.8, 4) is 0 Å². The summed E-state index contributed by atoms with van der Waals surface area (Å²) in [7, 11) is 0.328.